The van der Waals surface area contributed by atoms with E-state index in [1.807, 2.05) is 37.3 Å². The van der Waals surface area contributed by atoms with Crippen LogP contribution in [0.5, 0.6) is 0 Å². The summed E-state index contributed by atoms with van der Waals surface area (Å²) >= 11 is 0. The summed E-state index contributed by atoms with van der Waals surface area (Å²) in [5, 5.41) is 0. The zero-order valence-corrected chi connectivity index (χ0v) is 5.46. The second-order valence-corrected chi connectivity index (χ2v) is 2.05. The molecule has 0 saturated carbocycles. The quantitative estimate of drug-likeness (QED) is 0.496. The first kappa shape index (κ1) is 6.00. The number of hydrogen-bond donors (Lipinski definition) is 0. The molecule has 0 nitrogen and oxygen atoms in total. The summed E-state index contributed by atoms with van der Waals surface area (Å²) in [6.07, 6.45) is 0. The molecular formula is C9H9+. The highest BCUT2D eigenvalue weighted by Crippen LogP contribution is 2.08. The summed E-state index contributed by atoms with van der Waals surface area (Å²) in [6.45, 7) is 7.43. The van der Waals surface area contributed by atoms with Crippen molar-refractivity contribution in [3.8, 4) is 0 Å². The van der Waals surface area contributed by atoms with E-state index in [4.69, 9.17) is 6.58 Å². The van der Waals surface area contributed by atoms with E-state index in [9.17, 15) is 0 Å². The lowest BCUT2D eigenvalue weighted by Gasteiger charge is -1.83. The highest BCUT2D eigenvalue weighted by atomic mass is 13.9. The Morgan fingerprint density at radius 2 is 1.78 bits per heavy atom. The van der Waals surface area contributed by atoms with Crippen molar-refractivity contribution in [2.75, 3.05) is 0 Å². The monoisotopic (exact) mass is 117 g/mol. The van der Waals surface area contributed by atoms with Crippen LogP contribution in [0.1, 0.15) is 12.5 Å². The standard InChI is InChI=1S/C9H9/c1-8(2)9-6-4-3-5-7-9/h1,3-7H,2H3/q+1. The zero-order chi connectivity index (χ0) is 6.69. The Kier molecular flexibility index (Phi) is 1.62. The normalized spacial score (nSPS) is 8.89. The van der Waals surface area contributed by atoms with E-state index in [1.54, 1.807) is 0 Å². The Balaban J connectivity index is 2.98. The van der Waals surface area contributed by atoms with Gasteiger partial charge < -0.3 is 0 Å². The molecule has 0 radical (unpaired) electrons. The maximum absolute atomic E-state index is 5.53. The molecule has 44 valence electrons. The molecule has 0 aliphatic rings. The summed E-state index contributed by atoms with van der Waals surface area (Å²) in [5.41, 5.74) is 1.98. The molecule has 1 aromatic carbocycles. The van der Waals surface area contributed by atoms with Gasteiger partial charge >= 0.3 is 0 Å². The summed E-state index contributed by atoms with van der Waals surface area (Å²) in [5.74, 6) is 0. The molecule has 0 saturated heterocycles. The Morgan fingerprint density at radius 3 is 2.11 bits per heavy atom. The van der Waals surface area contributed by atoms with Gasteiger partial charge in [0.1, 0.15) is 5.56 Å². The SMILES string of the molecule is [CH+]=C(C)c1ccccc1. The number of allylic oxidation sites excluding steroid dienone is 1. The minimum absolute atomic E-state index is 0.871. The molecule has 0 heterocycles. The van der Waals surface area contributed by atoms with Crippen LogP contribution in [0.2, 0.25) is 0 Å². The van der Waals surface area contributed by atoms with Crippen LogP contribution >= 0.6 is 0 Å². The van der Waals surface area contributed by atoms with Crippen molar-refractivity contribution >= 4 is 5.57 Å². The van der Waals surface area contributed by atoms with E-state index < -0.39 is 0 Å². The molecule has 0 amide bonds. The third-order valence-electron chi connectivity index (χ3n) is 1.23. The van der Waals surface area contributed by atoms with Gasteiger partial charge in [-0.3, -0.25) is 0 Å². The first-order chi connectivity index (χ1) is 4.30. The van der Waals surface area contributed by atoms with Gasteiger partial charge in [-0.25, -0.2) is 0 Å². The number of hydrogen-bond acceptors (Lipinski definition) is 0. The van der Waals surface area contributed by atoms with Crippen molar-refractivity contribution in [3.05, 3.63) is 42.5 Å². The van der Waals surface area contributed by atoms with E-state index >= 15 is 0 Å². The Morgan fingerprint density at radius 1 is 1.22 bits per heavy atom. The van der Waals surface area contributed by atoms with E-state index in [0.717, 1.165) is 11.1 Å². The molecule has 0 heteroatoms. The first-order valence-electron chi connectivity index (χ1n) is 2.95. The lowest BCUT2D eigenvalue weighted by Crippen LogP contribution is -1.72. The second kappa shape index (κ2) is 2.43. The van der Waals surface area contributed by atoms with Crippen molar-refractivity contribution in [3.63, 3.8) is 0 Å². The van der Waals surface area contributed by atoms with Crippen LogP contribution in [0, 0.1) is 6.58 Å². The average molecular weight is 117 g/mol. The van der Waals surface area contributed by atoms with Crippen LogP contribution in [0.4, 0.5) is 0 Å². The predicted octanol–water partition coefficient (Wildman–Crippen LogP) is 2.52. The Hall–Kier alpha value is -1.13. The van der Waals surface area contributed by atoms with E-state index in [1.165, 1.54) is 0 Å². The minimum Gasteiger partial charge on any atom is -0.0586 e. The number of benzene rings is 1. The predicted molar refractivity (Wildman–Crippen MR) is 39.8 cm³/mol. The van der Waals surface area contributed by atoms with Crippen molar-refractivity contribution in [1.29, 1.82) is 0 Å². The van der Waals surface area contributed by atoms with Crippen LogP contribution in [-0.4, -0.2) is 0 Å². The molecule has 9 heavy (non-hydrogen) atoms. The number of rotatable bonds is 1. The maximum Gasteiger partial charge on any atom is 0.168 e. The van der Waals surface area contributed by atoms with Gasteiger partial charge in [-0.15, -0.1) is 0 Å². The largest absolute Gasteiger partial charge is 0.168 e. The molecule has 0 bridgehead atoms. The smallest absolute Gasteiger partial charge is 0.0586 e. The lowest BCUT2D eigenvalue weighted by atomic mass is 10.1. The highest BCUT2D eigenvalue weighted by Gasteiger charge is 1.99. The molecule has 0 N–H and O–H groups in total. The van der Waals surface area contributed by atoms with Crippen molar-refractivity contribution < 1.29 is 0 Å². The molecule has 0 fully saturated rings. The topological polar surface area (TPSA) is 0 Å². The fourth-order valence-corrected chi connectivity index (χ4v) is 0.701. The van der Waals surface area contributed by atoms with Crippen molar-refractivity contribution in [2.24, 2.45) is 0 Å². The molecule has 0 aromatic heterocycles. The van der Waals surface area contributed by atoms with Crippen molar-refractivity contribution in [2.45, 2.75) is 6.92 Å². The lowest BCUT2D eigenvalue weighted by molar-refractivity contribution is 1.58. The van der Waals surface area contributed by atoms with Crippen LogP contribution in [0.15, 0.2) is 30.3 Å². The Labute approximate surface area is 55.8 Å². The summed E-state index contributed by atoms with van der Waals surface area (Å²) in [4.78, 5) is 0. The fourth-order valence-electron chi connectivity index (χ4n) is 0.701. The van der Waals surface area contributed by atoms with Crippen molar-refractivity contribution in [1.82, 2.24) is 0 Å². The van der Waals surface area contributed by atoms with E-state index in [2.05, 4.69) is 0 Å². The van der Waals surface area contributed by atoms with E-state index in [-0.39, 0.29) is 0 Å². The van der Waals surface area contributed by atoms with Gasteiger partial charge in [-0.1, -0.05) is 6.07 Å². The van der Waals surface area contributed by atoms with Gasteiger partial charge in [0.2, 0.25) is 0 Å². The molecule has 0 atom stereocenters. The van der Waals surface area contributed by atoms with Gasteiger partial charge in [0, 0.05) is 19.1 Å². The van der Waals surface area contributed by atoms with Crippen LogP contribution < -0.4 is 0 Å². The van der Waals surface area contributed by atoms with Gasteiger partial charge in [-0.05, 0) is 12.1 Å². The summed E-state index contributed by atoms with van der Waals surface area (Å²) in [7, 11) is 0. The van der Waals surface area contributed by atoms with Gasteiger partial charge in [0.15, 0.2) is 5.57 Å². The molecule has 1 rings (SSSR count). The van der Waals surface area contributed by atoms with Gasteiger partial charge in [-0.2, -0.15) is 0 Å². The fraction of sp³-hybridized carbons (Fsp3) is 0.111. The highest BCUT2D eigenvalue weighted by molar-refractivity contribution is 5.59. The summed E-state index contributed by atoms with van der Waals surface area (Å²) < 4.78 is 0. The van der Waals surface area contributed by atoms with Crippen LogP contribution in [0.3, 0.4) is 0 Å². The van der Waals surface area contributed by atoms with Gasteiger partial charge in [0.25, 0.3) is 0 Å². The molecule has 1 aromatic rings. The van der Waals surface area contributed by atoms with Crippen LogP contribution in [-0.2, 0) is 0 Å². The first-order valence-corrected chi connectivity index (χ1v) is 2.95. The third kappa shape index (κ3) is 1.38. The van der Waals surface area contributed by atoms with Crippen LogP contribution in [0.25, 0.3) is 5.57 Å². The Bertz CT molecular complexity index is 197. The second-order valence-electron chi connectivity index (χ2n) is 2.05. The molecule has 0 aliphatic heterocycles. The minimum atomic E-state index is 0.871. The van der Waals surface area contributed by atoms with E-state index in [0.29, 0.717) is 0 Å². The molecule has 0 aliphatic carbocycles. The third-order valence-corrected chi connectivity index (χ3v) is 1.23. The molecule has 0 spiro atoms. The molecule has 0 unspecified atom stereocenters. The maximum atomic E-state index is 5.53. The molecular weight excluding hydrogens is 108 g/mol. The summed E-state index contributed by atoms with van der Waals surface area (Å²) in [6, 6.07) is 9.93. The zero-order valence-electron chi connectivity index (χ0n) is 5.46. The average Bonchev–Trinajstić information content (AvgIpc) is 1.90. The van der Waals surface area contributed by atoms with Gasteiger partial charge in [0.05, 0.1) is 6.58 Å².